The van der Waals surface area contributed by atoms with Crippen molar-refractivity contribution < 1.29 is 9.53 Å². The van der Waals surface area contributed by atoms with Crippen LogP contribution >= 0.6 is 0 Å². The maximum atomic E-state index is 12.8. The summed E-state index contributed by atoms with van der Waals surface area (Å²) in [4.78, 5) is 15.0. The molecule has 166 valence electrons. The molecule has 1 N–H and O–H groups in total. The van der Waals surface area contributed by atoms with Gasteiger partial charge in [0.1, 0.15) is 24.0 Å². The molecule has 3 aromatic rings. The summed E-state index contributed by atoms with van der Waals surface area (Å²) in [5, 5.41) is 12.1. The number of hydrogen-bond acceptors (Lipinski definition) is 5. The highest BCUT2D eigenvalue weighted by Gasteiger charge is 2.23. The molecule has 7 nitrogen and oxygen atoms in total. The summed E-state index contributed by atoms with van der Waals surface area (Å²) in [6.07, 6.45) is 3.40. The van der Waals surface area contributed by atoms with Gasteiger partial charge in [-0.05, 0) is 24.5 Å². The molecule has 2 aromatic carbocycles. The molecule has 2 aliphatic rings. The van der Waals surface area contributed by atoms with Gasteiger partial charge in [-0.1, -0.05) is 48.5 Å². The van der Waals surface area contributed by atoms with Gasteiger partial charge in [0, 0.05) is 44.1 Å². The highest BCUT2D eigenvalue weighted by Crippen LogP contribution is 2.22. The van der Waals surface area contributed by atoms with E-state index < -0.39 is 0 Å². The van der Waals surface area contributed by atoms with Crippen molar-refractivity contribution in [1.82, 2.24) is 25.0 Å². The van der Waals surface area contributed by atoms with E-state index >= 15 is 0 Å². The fraction of sp³-hybridized carbons (Fsp3) is 0.400. The Balaban J connectivity index is 1.16. The van der Waals surface area contributed by atoms with Crippen LogP contribution in [0.15, 0.2) is 54.6 Å². The van der Waals surface area contributed by atoms with Gasteiger partial charge in [-0.2, -0.15) is 0 Å². The first-order valence-corrected chi connectivity index (χ1v) is 11.4. The number of benzene rings is 2. The molecule has 0 aliphatic carbocycles. The molecule has 0 radical (unpaired) electrons. The average Bonchev–Trinajstić information content (AvgIpc) is 2.95. The van der Waals surface area contributed by atoms with E-state index in [1.165, 1.54) is 5.56 Å². The number of para-hydroxylation sites is 1. The minimum atomic E-state index is 0.0801. The maximum absolute atomic E-state index is 12.8. The lowest BCUT2D eigenvalue weighted by Gasteiger charge is -2.21. The monoisotopic (exact) mass is 431 g/mol. The Labute approximate surface area is 188 Å². The lowest BCUT2D eigenvalue weighted by atomic mass is 10.1. The van der Waals surface area contributed by atoms with Gasteiger partial charge in [-0.15, -0.1) is 10.2 Å². The second-order valence-electron chi connectivity index (χ2n) is 8.61. The van der Waals surface area contributed by atoms with Crippen LogP contribution in [0.2, 0.25) is 0 Å². The normalized spacial score (nSPS) is 18.6. The molecule has 2 aliphatic heterocycles. The van der Waals surface area contributed by atoms with Crippen molar-refractivity contribution in [2.24, 2.45) is 0 Å². The molecule has 0 fully saturated rings. The number of aryl methyl sites for hydroxylation is 1. The molecule has 1 amide bonds. The standard InChI is InChI=1S/C25H29N5O2/c31-25(18-29-14-15-32-22-9-5-4-8-20(22)17-29)26-21-10-11-23-27-28-24(30(23)13-12-21)16-19-6-2-1-3-7-19/h1-9,21H,10-18H2,(H,26,31). The minimum Gasteiger partial charge on any atom is -0.492 e. The Hall–Kier alpha value is -3.19. The molecule has 1 aromatic heterocycles. The molecule has 32 heavy (non-hydrogen) atoms. The second kappa shape index (κ2) is 9.53. The molecule has 0 saturated heterocycles. The Morgan fingerprint density at radius 1 is 1.03 bits per heavy atom. The van der Waals surface area contributed by atoms with Gasteiger partial charge in [0.15, 0.2) is 0 Å². The summed E-state index contributed by atoms with van der Waals surface area (Å²) in [6.45, 7) is 3.31. The van der Waals surface area contributed by atoms with E-state index in [0.717, 1.165) is 68.3 Å². The first-order valence-electron chi connectivity index (χ1n) is 11.4. The second-order valence-corrected chi connectivity index (χ2v) is 8.61. The quantitative estimate of drug-likeness (QED) is 0.672. The van der Waals surface area contributed by atoms with Crippen LogP contribution in [0.1, 0.15) is 35.6 Å². The molecular formula is C25H29N5O2. The Morgan fingerprint density at radius 2 is 1.88 bits per heavy atom. The van der Waals surface area contributed by atoms with Crippen LogP contribution in [0.4, 0.5) is 0 Å². The predicted molar refractivity (Wildman–Crippen MR) is 121 cm³/mol. The number of carbonyl (C=O) groups is 1. The molecule has 3 heterocycles. The van der Waals surface area contributed by atoms with Gasteiger partial charge in [-0.3, -0.25) is 9.69 Å². The summed E-state index contributed by atoms with van der Waals surface area (Å²) >= 11 is 0. The van der Waals surface area contributed by atoms with Gasteiger partial charge in [-0.25, -0.2) is 0 Å². The van der Waals surface area contributed by atoms with Crippen molar-refractivity contribution in [1.29, 1.82) is 0 Å². The highest BCUT2D eigenvalue weighted by atomic mass is 16.5. The van der Waals surface area contributed by atoms with E-state index in [2.05, 4.69) is 55.3 Å². The third kappa shape index (κ3) is 4.83. The molecule has 7 heteroatoms. The number of ether oxygens (including phenoxy) is 1. The van der Waals surface area contributed by atoms with Crippen LogP contribution in [0.5, 0.6) is 5.75 Å². The molecule has 0 spiro atoms. The predicted octanol–water partition coefficient (Wildman–Crippen LogP) is 2.58. The van der Waals surface area contributed by atoms with Gasteiger partial charge in [0.25, 0.3) is 0 Å². The molecule has 1 unspecified atom stereocenters. The molecule has 0 saturated carbocycles. The summed E-state index contributed by atoms with van der Waals surface area (Å²) in [6, 6.07) is 18.6. The van der Waals surface area contributed by atoms with E-state index in [1.54, 1.807) is 0 Å². The third-order valence-electron chi connectivity index (χ3n) is 6.29. The van der Waals surface area contributed by atoms with Gasteiger partial charge >= 0.3 is 0 Å². The fourth-order valence-corrected chi connectivity index (χ4v) is 4.59. The lowest BCUT2D eigenvalue weighted by molar-refractivity contribution is -0.123. The zero-order valence-electron chi connectivity index (χ0n) is 18.2. The van der Waals surface area contributed by atoms with Crippen LogP contribution in [0.25, 0.3) is 0 Å². The minimum absolute atomic E-state index is 0.0801. The molecule has 1 atom stereocenters. The number of fused-ring (bicyclic) bond motifs is 2. The van der Waals surface area contributed by atoms with E-state index in [9.17, 15) is 4.79 Å². The van der Waals surface area contributed by atoms with Crippen LogP contribution in [0, 0.1) is 0 Å². The van der Waals surface area contributed by atoms with E-state index in [4.69, 9.17) is 4.74 Å². The van der Waals surface area contributed by atoms with Gasteiger partial charge in [0.05, 0.1) is 6.54 Å². The van der Waals surface area contributed by atoms with Crippen molar-refractivity contribution >= 4 is 5.91 Å². The van der Waals surface area contributed by atoms with E-state index in [0.29, 0.717) is 13.2 Å². The molecule has 0 bridgehead atoms. The SMILES string of the molecule is O=C(CN1CCOc2ccccc2C1)NC1CCc2nnc(Cc3ccccc3)n2CC1. The third-order valence-corrected chi connectivity index (χ3v) is 6.29. The number of carbonyl (C=O) groups excluding carboxylic acids is 1. The van der Waals surface area contributed by atoms with E-state index in [1.807, 2.05) is 24.3 Å². The average molecular weight is 432 g/mol. The fourth-order valence-electron chi connectivity index (χ4n) is 4.59. The van der Waals surface area contributed by atoms with Crippen LogP contribution in [-0.2, 0) is 30.7 Å². The summed E-state index contributed by atoms with van der Waals surface area (Å²) < 4.78 is 8.06. The summed E-state index contributed by atoms with van der Waals surface area (Å²) in [7, 11) is 0. The zero-order valence-corrected chi connectivity index (χ0v) is 18.2. The largest absolute Gasteiger partial charge is 0.492 e. The number of amides is 1. The van der Waals surface area contributed by atoms with Crippen molar-refractivity contribution in [3.8, 4) is 5.75 Å². The Bertz CT molecular complexity index is 1070. The number of aromatic nitrogens is 3. The zero-order chi connectivity index (χ0) is 21.8. The van der Waals surface area contributed by atoms with Crippen molar-refractivity contribution in [2.75, 3.05) is 19.7 Å². The molecular weight excluding hydrogens is 402 g/mol. The van der Waals surface area contributed by atoms with Crippen LogP contribution < -0.4 is 10.1 Å². The first-order chi connectivity index (χ1) is 15.7. The Morgan fingerprint density at radius 3 is 2.78 bits per heavy atom. The van der Waals surface area contributed by atoms with Crippen LogP contribution in [-0.4, -0.2) is 51.3 Å². The smallest absolute Gasteiger partial charge is 0.234 e. The Kier molecular flexibility index (Phi) is 6.16. The number of hydrogen-bond donors (Lipinski definition) is 1. The van der Waals surface area contributed by atoms with Gasteiger partial charge in [0.2, 0.25) is 5.91 Å². The molecule has 5 rings (SSSR count). The first kappa shape index (κ1) is 20.7. The van der Waals surface area contributed by atoms with E-state index in [-0.39, 0.29) is 11.9 Å². The highest BCUT2D eigenvalue weighted by molar-refractivity contribution is 5.78. The number of nitrogens with one attached hydrogen (secondary N) is 1. The number of nitrogens with zero attached hydrogens (tertiary/aromatic N) is 4. The van der Waals surface area contributed by atoms with Crippen molar-refractivity contribution in [3.05, 3.63) is 77.4 Å². The maximum Gasteiger partial charge on any atom is 0.234 e. The van der Waals surface area contributed by atoms with Crippen molar-refractivity contribution in [3.63, 3.8) is 0 Å². The number of rotatable bonds is 5. The topological polar surface area (TPSA) is 72.3 Å². The summed E-state index contributed by atoms with van der Waals surface area (Å²) in [5.74, 6) is 3.03. The van der Waals surface area contributed by atoms with Gasteiger partial charge < -0.3 is 14.6 Å². The lowest BCUT2D eigenvalue weighted by Crippen LogP contribution is -2.42. The van der Waals surface area contributed by atoms with Crippen LogP contribution in [0.3, 0.4) is 0 Å². The summed E-state index contributed by atoms with van der Waals surface area (Å²) in [5.41, 5.74) is 2.37. The van der Waals surface area contributed by atoms with Crippen molar-refractivity contribution in [2.45, 2.75) is 44.8 Å².